The summed E-state index contributed by atoms with van der Waals surface area (Å²) < 4.78 is 5.46. The molecular weight excluding hydrogens is 388 g/mol. The van der Waals surface area contributed by atoms with Crippen LogP contribution in [0.5, 0.6) is 5.75 Å². The second-order valence-corrected chi connectivity index (χ2v) is 7.01. The van der Waals surface area contributed by atoms with Crippen LogP contribution in [-0.4, -0.2) is 28.3 Å². The molecule has 27 heavy (non-hydrogen) atoms. The summed E-state index contributed by atoms with van der Waals surface area (Å²) in [5.74, 6) is -0.990. The van der Waals surface area contributed by atoms with Gasteiger partial charge in [0.2, 0.25) is 0 Å². The SMILES string of the molecule is CC(Oc1ccccc1/C=C1/SC(=Nc2ccccc2Cl)NC1=O)C(=O)O. The first-order valence-corrected chi connectivity index (χ1v) is 9.16. The maximum atomic E-state index is 12.3. The first-order chi connectivity index (χ1) is 12.9. The third kappa shape index (κ3) is 4.69. The molecule has 1 aliphatic heterocycles. The molecule has 0 bridgehead atoms. The van der Waals surface area contributed by atoms with Crippen LogP contribution < -0.4 is 10.1 Å². The Bertz CT molecular complexity index is 958. The van der Waals surface area contributed by atoms with E-state index in [0.29, 0.717) is 32.1 Å². The molecule has 138 valence electrons. The Balaban J connectivity index is 1.85. The fraction of sp³-hybridized carbons (Fsp3) is 0.105. The van der Waals surface area contributed by atoms with Gasteiger partial charge < -0.3 is 15.2 Å². The van der Waals surface area contributed by atoms with Crippen molar-refractivity contribution < 1.29 is 19.4 Å². The fourth-order valence-electron chi connectivity index (χ4n) is 2.22. The van der Waals surface area contributed by atoms with Gasteiger partial charge in [-0.25, -0.2) is 9.79 Å². The molecule has 0 saturated carbocycles. The molecule has 3 rings (SSSR count). The number of hydrogen-bond acceptors (Lipinski definition) is 5. The summed E-state index contributed by atoms with van der Waals surface area (Å²) in [7, 11) is 0. The van der Waals surface area contributed by atoms with Crippen LogP contribution in [-0.2, 0) is 9.59 Å². The van der Waals surface area contributed by atoms with Gasteiger partial charge >= 0.3 is 5.97 Å². The minimum Gasteiger partial charge on any atom is -0.479 e. The number of para-hydroxylation sites is 2. The topological polar surface area (TPSA) is 88.0 Å². The van der Waals surface area contributed by atoms with Crippen molar-refractivity contribution in [3.05, 3.63) is 64.0 Å². The number of hydrogen-bond donors (Lipinski definition) is 2. The highest BCUT2D eigenvalue weighted by atomic mass is 35.5. The van der Waals surface area contributed by atoms with Crippen LogP contribution in [0.4, 0.5) is 5.69 Å². The minimum atomic E-state index is -1.07. The van der Waals surface area contributed by atoms with E-state index in [1.54, 1.807) is 54.6 Å². The number of carbonyl (C=O) groups excluding carboxylic acids is 1. The Morgan fingerprint density at radius 3 is 2.70 bits per heavy atom. The van der Waals surface area contributed by atoms with E-state index in [9.17, 15) is 9.59 Å². The number of nitrogens with zero attached hydrogens (tertiary/aromatic N) is 1. The van der Waals surface area contributed by atoms with Crippen LogP contribution in [0.1, 0.15) is 12.5 Å². The number of carboxylic acids is 1. The van der Waals surface area contributed by atoms with Gasteiger partial charge in [-0.3, -0.25) is 4.79 Å². The summed E-state index contributed by atoms with van der Waals surface area (Å²) in [6, 6.07) is 14.0. The van der Waals surface area contributed by atoms with Crippen LogP contribution >= 0.6 is 23.4 Å². The van der Waals surface area contributed by atoms with Crippen molar-refractivity contribution in [2.75, 3.05) is 0 Å². The second kappa shape index (κ2) is 8.28. The Morgan fingerprint density at radius 2 is 1.96 bits per heavy atom. The summed E-state index contributed by atoms with van der Waals surface area (Å²) in [6.07, 6.45) is 0.630. The molecule has 1 amide bonds. The number of rotatable bonds is 5. The van der Waals surface area contributed by atoms with Crippen molar-refractivity contribution in [3.8, 4) is 5.75 Å². The number of aliphatic imine (C=N–C) groups is 1. The third-order valence-corrected chi connectivity index (χ3v) is 4.81. The molecule has 0 aromatic heterocycles. The van der Waals surface area contributed by atoms with E-state index in [0.717, 1.165) is 0 Å². The molecule has 1 heterocycles. The van der Waals surface area contributed by atoms with Crippen molar-refractivity contribution in [2.45, 2.75) is 13.0 Å². The standard InChI is InChI=1S/C19H15ClN2O4S/c1-11(18(24)25)26-15-9-5-2-6-12(15)10-16-17(23)22-19(27-16)21-14-8-4-3-7-13(14)20/h2-11H,1H3,(H,24,25)(H,21,22,23)/b16-10+. The van der Waals surface area contributed by atoms with E-state index in [2.05, 4.69) is 10.3 Å². The Labute approximate surface area is 164 Å². The van der Waals surface area contributed by atoms with Crippen molar-refractivity contribution in [2.24, 2.45) is 4.99 Å². The van der Waals surface area contributed by atoms with Crippen molar-refractivity contribution in [1.29, 1.82) is 0 Å². The summed E-state index contributed by atoms with van der Waals surface area (Å²) in [5.41, 5.74) is 1.16. The Morgan fingerprint density at radius 1 is 1.26 bits per heavy atom. The molecule has 0 radical (unpaired) electrons. The lowest BCUT2D eigenvalue weighted by Crippen LogP contribution is -2.23. The lowest BCUT2D eigenvalue weighted by Gasteiger charge is -2.12. The number of carboxylic acid groups (broad SMARTS) is 1. The molecule has 1 fully saturated rings. The predicted molar refractivity (Wildman–Crippen MR) is 106 cm³/mol. The smallest absolute Gasteiger partial charge is 0.344 e. The average Bonchev–Trinajstić information content (AvgIpc) is 2.97. The van der Waals surface area contributed by atoms with Crippen molar-refractivity contribution in [3.63, 3.8) is 0 Å². The van der Waals surface area contributed by atoms with Gasteiger partial charge in [-0.1, -0.05) is 41.9 Å². The molecule has 0 spiro atoms. The van der Waals surface area contributed by atoms with Gasteiger partial charge in [0.25, 0.3) is 5.91 Å². The predicted octanol–water partition coefficient (Wildman–Crippen LogP) is 4.08. The molecule has 2 aromatic rings. The quantitative estimate of drug-likeness (QED) is 0.735. The number of halogens is 1. The summed E-state index contributed by atoms with van der Waals surface area (Å²) in [6.45, 7) is 1.44. The van der Waals surface area contributed by atoms with Gasteiger partial charge in [0.1, 0.15) is 5.75 Å². The average molecular weight is 403 g/mol. The zero-order chi connectivity index (χ0) is 19.4. The molecule has 1 unspecified atom stereocenters. The van der Waals surface area contributed by atoms with Gasteiger partial charge in [-0.15, -0.1) is 0 Å². The van der Waals surface area contributed by atoms with Crippen molar-refractivity contribution >= 4 is 52.2 Å². The highest BCUT2D eigenvalue weighted by Crippen LogP contribution is 2.32. The zero-order valence-electron chi connectivity index (χ0n) is 14.2. The van der Waals surface area contributed by atoms with Crippen molar-refractivity contribution in [1.82, 2.24) is 5.32 Å². The van der Waals surface area contributed by atoms with Crippen LogP contribution in [0.25, 0.3) is 6.08 Å². The van der Waals surface area contributed by atoms with E-state index < -0.39 is 12.1 Å². The van der Waals surface area contributed by atoms with Gasteiger partial charge in [-0.2, -0.15) is 0 Å². The maximum Gasteiger partial charge on any atom is 0.344 e. The van der Waals surface area contributed by atoms with Crippen LogP contribution in [0.2, 0.25) is 5.02 Å². The van der Waals surface area contributed by atoms with Gasteiger partial charge in [-0.05, 0) is 43.0 Å². The molecule has 1 aliphatic rings. The number of nitrogens with one attached hydrogen (secondary N) is 1. The normalized spacial score (nSPS) is 17.8. The van der Waals surface area contributed by atoms with Gasteiger partial charge in [0, 0.05) is 5.56 Å². The molecule has 0 aliphatic carbocycles. The van der Waals surface area contributed by atoms with E-state index in [1.807, 2.05) is 0 Å². The number of carbonyl (C=O) groups is 2. The largest absolute Gasteiger partial charge is 0.479 e. The number of thioether (sulfide) groups is 1. The monoisotopic (exact) mass is 402 g/mol. The fourth-order valence-corrected chi connectivity index (χ4v) is 3.23. The van der Waals surface area contributed by atoms with Crippen LogP contribution in [0.15, 0.2) is 58.4 Å². The first-order valence-electron chi connectivity index (χ1n) is 7.96. The molecular formula is C19H15ClN2O4S. The lowest BCUT2D eigenvalue weighted by molar-refractivity contribution is -0.144. The third-order valence-electron chi connectivity index (χ3n) is 3.58. The number of amidine groups is 1. The molecule has 1 atom stereocenters. The van der Waals surface area contributed by atoms with E-state index in [1.165, 1.54) is 18.7 Å². The summed E-state index contributed by atoms with van der Waals surface area (Å²) in [4.78, 5) is 28.1. The lowest BCUT2D eigenvalue weighted by atomic mass is 10.2. The highest BCUT2D eigenvalue weighted by molar-refractivity contribution is 8.18. The highest BCUT2D eigenvalue weighted by Gasteiger charge is 2.25. The Kier molecular flexibility index (Phi) is 5.83. The molecule has 2 aromatic carbocycles. The van der Waals surface area contributed by atoms with E-state index in [4.69, 9.17) is 21.4 Å². The number of ether oxygens (including phenoxy) is 1. The molecule has 1 saturated heterocycles. The zero-order valence-corrected chi connectivity index (χ0v) is 15.8. The number of benzene rings is 2. The molecule has 2 N–H and O–H groups in total. The molecule has 8 heteroatoms. The number of amides is 1. The Hall–Kier alpha value is -2.77. The minimum absolute atomic E-state index is 0.299. The second-order valence-electron chi connectivity index (χ2n) is 5.57. The number of aliphatic carboxylic acids is 1. The summed E-state index contributed by atoms with van der Waals surface area (Å²) >= 11 is 7.26. The van der Waals surface area contributed by atoms with Crippen LogP contribution in [0.3, 0.4) is 0 Å². The van der Waals surface area contributed by atoms with E-state index in [-0.39, 0.29) is 5.91 Å². The molecule has 6 nitrogen and oxygen atoms in total. The van der Waals surface area contributed by atoms with Gasteiger partial charge in [0.15, 0.2) is 11.3 Å². The maximum absolute atomic E-state index is 12.3. The van der Waals surface area contributed by atoms with Crippen LogP contribution in [0, 0.1) is 0 Å². The van der Waals surface area contributed by atoms with Gasteiger partial charge in [0.05, 0.1) is 15.6 Å². The first kappa shape index (κ1) is 19.0. The summed E-state index contributed by atoms with van der Waals surface area (Å²) in [5, 5.41) is 12.6. The van der Waals surface area contributed by atoms with E-state index >= 15 is 0 Å².